The van der Waals surface area contributed by atoms with Crippen molar-refractivity contribution in [3.63, 3.8) is 0 Å². The topological polar surface area (TPSA) is 75.9 Å². The second kappa shape index (κ2) is 6.36. The number of nitrogens with zero attached hydrogens (tertiary/aromatic N) is 3. The van der Waals surface area contributed by atoms with Crippen molar-refractivity contribution in [2.45, 2.75) is 34.1 Å². The number of nitrogens with one attached hydrogen (secondary N) is 2. The van der Waals surface area contributed by atoms with E-state index in [0.717, 1.165) is 30.2 Å². The maximum atomic E-state index is 5.00. The molecule has 0 saturated carbocycles. The van der Waals surface area contributed by atoms with E-state index in [1.54, 1.807) is 6.07 Å². The number of hydrogen-bond acceptors (Lipinski definition) is 6. The van der Waals surface area contributed by atoms with Gasteiger partial charge in [-0.25, -0.2) is 4.98 Å². The normalized spacial score (nSPS) is 10.8. The fraction of sp³-hybridized carbons (Fsp3) is 0.500. The minimum Gasteiger partial charge on any atom is -0.370 e. The molecule has 0 fully saturated rings. The van der Waals surface area contributed by atoms with Crippen LogP contribution in [0, 0.1) is 19.8 Å². The molecule has 0 amide bonds. The predicted molar refractivity (Wildman–Crippen MR) is 79.2 cm³/mol. The Morgan fingerprint density at radius 2 is 1.95 bits per heavy atom. The molecule has 0 atom stereocenters. The molecule has 0 saturated heterocycles. The molecule has 2 aromatic rings. The molecular formula is C14H21N5O. The first-order chi connectivity index (χ1) is 9.52. The average Bonchev–Trinajstić information content (AvgIpc) is 2.73. The number of anilines is 3. The van der Waals surface area contributed by atoms with Gasteiger partial charge in [-0.05, 0) is 26.2 Å². The first kappa shape index (κ1) is 14.3. The van der Waals surface area contributed by atoms with Crippen LogP contribution in [-0.2, 0) is 0 Å². The third-order valence-electron chi connectivity index (χ3n) is 2.75. The van der Waals surface area contributed by atoms with Gasteiger partial charge in [0.2, 0.25) is 5.95 Å². The SMILES string of the molecule is Cc1cc(NCCC(C)C)nc(Nc2cc(C)on2)n1. The highest BCUT2D eigenvalue weighted by atomic mass is 16.5. The predicted octanol–water partition coefficient (Wildman–Crippen LogP) is 3.28. The van der Waals surface area contributed by atoms with Crippen LogP contribution in [0.1, 0.15) is 31.7 Å². The summed E-state index contributed by atoms with van der Waals surface area (Å²) in [5.74, 6) is 3.36. The first-order valence-corrected chi connectivity index (χ1v) is 6.83. The lowest BCUT2D eigenvalue weighted by molar-refractivity contribution is 0.400. The maximum Gasteiger partial charge on any atom is 0.230 e. The van der Waals surface area contributed by atoms with Crippen LogP contribution in [0.3, 0.4) is 0 Å². The van der Waals surface area contributed by atoms with Gasteiger partial charge in [-0.3, -0.25) is 0 Å². The molecule has 20 heavy (non-hydrogen) atoms. The molecule has 6 heteroatoms. The van der Waals surface area contributed by atoms with Crippen LogP contribution >= 0.6 is 0 Å². The van der Waals surface area contributed by atoms with Gasteiger partial charge in [-0.2, -0.15) is 4.98 Å². The molecule has 2 aromatic heterocycles. The van der Waals surface area contributed by atoms with Crippen molar-refractivity contribution in [3.05, 3.63) is 23.6 Å². The van der Waals surface area contributed by atoms with Gasteiger partial charge in [0, 0.05) is 24.4 Å². The summed E-state index contributed by atoms with van der Waals surface area (Å²) >= 11 is 0. The second-order valence-electron chi connectivity index (χ2n) is 5.28. The van der Waals surface area contributed by atoms with Gasteiger partial charge >= 0.3 is 0 Å². The monoisotopic (exact) mass is 275 g/mol. The standard InChI is InChI=1S/C14H21N5O/c1-9(2)5-6-15-12-7-10(3)16-14(17-12)18-13-8-11(4)20-19-13/h7-9H,5-6H2,1-4H3,(H2,15,16,17,18,19). The molecule has 0 spiro atoms. The van der Waals surface area contributed by atoms with Crippen LogP contribution < -0.4 is 10.6 Å². The minimum atomic E-state index is 0.519. The average molecular weight is 275 g/mol. The quantitative estimate of drug-likeness (QED) is 0.842. The van der Waals surface area contributed by atoms with E-state index >= 15 is 0 Å². The van der Waals surface area contributed by atoms with Crippen molar-refractivity contribution in [2.24, 2.45) is 5.92 Å². The molecule has 0 aliphatic rings. The smallest absolute Gasteiger partial charge is 0.230 e. The highest BCUT2D eigenvalue weighted by Crippen LogP contribution is 2.15. The summed E-state index contributed by atoms with van der Waals surface area (Å²) in [5.41, 5.74) is 0.898. The lowest BCUT2D eigenvalue weighted by Crippen LogP contribution is -2.08. The second-order valence-corrected chi connectivity index (χ2v) is 5.28. The van der Waals surface area contributed by atoms with Crippen LogP contribution in [0.2, 0.25) is 0 Å². The Balaban J connectivity index is 2.04. The molecule has 0 radical (unpaired) electrons. The van der Waals surface area contributed by atoms with Crippen molar-refractivity contribution in [1.29, 1.82) is 0 Å². The van der Waals surface area contributed by atoms with Crippen molar-refractivity contribution in [3.8, 4) is 0 Å². The molecule has 0 aliphatic carbocycles. The highest BCUT2D eigenvalue weighted by Gasteiger charge is 2.06. The lowest BCUT2D eigenvalue weighted by atomic mass is 10.1. The Morgan fingerprint density at radius 3 is 2.60 bits per heavy atom. The molecule has 108 valence electrons. The number of rotatable bonds is 6. The van der Waals surface area contributed by atoms with E-state index in [4.69, 9.17) is 4.52 Å². The van der Waals surface area contributed by atoms with Crippen molar-refractivity contribution in [2.75, 3.05) is 17.2 Å². The van der Waals surface area contributed by atoms with E-state index in [0.29, 0.717) is 17.7 Å². The molecular weight excluding hydrogens is 254 g/mol. The molecule has 0 aliphatic heterocycles. The number of hydrogen-bond donors (Lipinski definition) is 2. The van der Waals surface area contributed by atoms with Gasteiger partial charge in [0.1, 0.15) is 11.6 Å². The lowest BCUT2D eigenvalue weighted by Gasteiger charge is -2.09. The first-order valence-electron chi connectivity index (χ1n) is 6.83. The van der Waals surface area contributed by atoms with Gasteiger partial charge in [-0.1, -0.05) is 19.0 Å². The number of aryl methyl sites for hydroxylation is 2. The third-order valence-corrected chi connectivity index (χ3v) is 2.75. The third kappa shape index (κ3) is 4.22. The maximum absolute atomic E-state index is 5.00. The zero-order valence-electron chi connectivity index (χ0n) is 12.4. The summed E-state index contributed by atoms with van der Waals surface area (Å²) in [6.45, 7) is 9.08. The van der Waals surface area contributed by atoms with Crippen LogP contribution in [-0.4, -0.2) is 21.7 Å². The van der Waals surface area contributed by atoms with Crippen LogP contribution in [0.15, 0.2) is 16.7 Å². The van der Waals surface area contributed by atoms with Crippen molar-refractivity contribution in [1.82, 2.24) is 15.1 Å². The Bertz CT molecular complexity index is 564. The minimum absolute atomic E-state index is 0.519. The van der Waals surface area contributed by atoms with Crippen molar-refractivity contribution < 1.29 is 4.52 Å². The summed E-state index contributed by atoms with van der Waals surface area (Å²) in [7, 11) is 0. The van der Waals surface area contributed by atoms with Crippen molar-refractivity contribution >= 4 is 17.6 Å². The van der Waals surface area contributed by atoms with Gasteiger partial charge in [0.25, 0.3) is 0 Å². The molecule has 0 bridgehead atoms. The van der Waals surface area contributed by atoms with E-state index in [2.05, 4.69) is 39.6 Å². The highest BCUT2D eigenvalue weighted by molar-refractivity contribution is 5.50. The Kier molecular flexibility index (Phi) is 4.55. The van der Waals surface area contributed by atoms with Gasteiger partial charge in [0.15, 0.2) is 5.82 Å². The summed E-state index contributed by atoms with van der Waals surface area (Å²) in [6.07, 6.45) is 1.11. The zero-order chi connectivity index (χ0) is 14.5. The Hall–Kier alpha value is -2.11. The Labute approximate surface area is 119 Å². The molecule has 0 aromatic carbocycles. The number of aromatic nitrogens is 3. The van der Waals surface area contributed by atoms with E-state index in [1.807, 2.05) is 19.9 Å². The van der Waals surface area contributed by atoms with Crippen LogP contribution in [0.25, 0.3) is 0 Å². The molecule has 2 rings (SSSR count). The van der Waals surface area contributed by atoms with E-state index in [9.17, 15) is 0 Å². The van der Waals surface area contributed by atoms with E-state index < -0.39 is 0 Å². The summed E-state index contributed by atoms with van der Waals surface area (Å²) < 4.78 is 5.00. The summed E-state index contributed by atoms with van der Waals surface area (Å²) in [5, 5.41) is 10.2. The summed E-state index contributed by atoms with van der Waals surface area (Å²) in [6, 6.07) is 3.73. The van der Waals surface area contributed by atoms with E-state index in [-0.39, 0.29) is 0 Å². The van der Waals surface area contributed by atoms with Gasteiger partial charge < -0.3 is 15.2 Å². The van der Waals surface area contributed by atoms with Crippen LogP contribution in [0.4, 0.5) is 17.6 Å². The molecule has 0 unspecified atom stereocenters. The fourth-order valence-corrected chi connectivity index (χ4v) is 1.74. The summed E-state index contributed by atoms with van der Waals surface area (Å²) in [4.78, 5) is 8.76. The zero-order valence-corrected chi connectivity index (χ0v) is 12.4. The fourth-order valence-electron chi connectivity index (χ4n) is 1.74. The van der Waals surface area contributed by atoms with Crippen LogP contribution in [0.5, 0.6) is 0 Å². The largest absolute Gasteiger partial charge is 0.370 e. The molecule has 2 N–H and O–H groups in total. The van der Waals surface area contributed by atoms with E-state index in [1.165, 1.54) is 0 Å². The molecule has 6 nitrogen and oxygen atoms in total. The Morgan fingerprint density at radius 1 is 1.15 bits per heavy atom. The van der Waals surface area contributed by atoms with Gasteiger partial charge in [0.05, 0.1) is 0 Å². The van der Waals surface area contributed by atoms with Gasteiger partial charge in [-0.15, -0.1) is 0 Å². The molecule has 2 heterocycles.